The van der Waals surface area contributed by atoms with E-state index in [0.717, 1.165) is 0 Å². The van der Waals surface area contributed by atoms with Crippen molar-refractivity contribution < 1.29 is 13.0 Å². The summed E-state index contributed by atoms with van der Waals surface area (Å²) >= 11 is 0. The lowest BCUT2D eigenvalue weighted by Gasteiger charge is -1.99. The van der Waals surface area contributed by atoms with E-state index in [1.807, 2.05) is 0 Å². The van der Waals surface area contributed by atoms with Crippen LogP contribution in [0.4, 0.5) is 0 Å². The molecule has 0 atom stereocenters. The topological polar surface area (TPSA) is 80.2 Å². The third-order valence-corrected chi connectivity index (χ3v) is 2.03. The molecule has 6 heteroatoms. The number of hydrogen-bond acceptors (Lipinski definition) is 4. The van der Waals surface area contributed by atoms with Gasteiger partial charge in [-0.1, -0.05) is 0 Å². The van der Waals surface area contributed by atoms with Crippen molar-refractivity contribution in [2.75, 3.05) is 0 Å². The molecule has 1 aromatic heterocycles. The largest absolute Gasteiger partial charge is 0.285 e. The fourth-order valence-electron chi connectivity index (χ4n) is 0.758. The second kappa shape index (κ2) is 3.16. The van der Waals surface area contributed by atoms with E-state index in [-0.39, 0.29) is 0 Å². The first-order chi connectivity index (χ1) is 5.49. The molecule has 1 aromatic rings. The Bertz CT molecular complexity index is 374. The Morgan fingerprint density at radius 2 is 2.25 bits per heavy atom. The van der Waals surface area contributed by atoms with Gasteiger partial charge in [-0.15, -0.1) is 0 Å². The van der Waals surface area contributed by atoms with E-state index >= 15 is 0 Å². The van der Waals surface area contributed by atoms with Crippen molar-refractivity contribution in [3.63, 3.8) is 0 Å². The van der Waals surface area contributed by atoms with Gasteiger partial charge < -0.3 is 0 Å². The molecule has 0 radical (unpaired) electrons. The lowest BCUT2D eigenvalue weighted by Crippen LogP contribution is -2.04. The third kappa shape index (κ3) is 2.55. The van der Waals surface area contributed by atoms with Crippen molar-refractivity contribution in [2.24, 2.45) is 0 Å². The molecule has 0 aliphatic carbocycles. The van der Waals surface area contributed by atoms with Gasteiger partial charge in [-0.2, -0.15) is 8.42 Å². The van der Waals surface area contributed by atoms with E-state index in [1.165, 1.54) is 12.5 Å². The van der Waals surface area contributed by atoms with E-state index in [0.29, 0.717) is 11.3 Å². The molecule has 0 amide bonds. The highest BCUT2D eigenvalue weighted by atomic mass is 32.2. The monoisotopic (exact) mass is 188 g/mol. The number of rotatable bonds is 2. The SMILES string of the molecule is Cc1ncncc1CS(=O)(=O)O. The van der Waals surface area contributed by atoms with Gasteiger partial charge in [0.25, 0.3) is 10.1 Å². The first-order valence-corrected chi connectivity index (χ1v) is 4.80. The van der Waals surface area contributed by atoms with Crippen molar-refractivity contribution in [3.05, 3.63) is 23.8 Å². The molecule has 1 N–H and O–H groups in total. The molecule has 0 saturated heterocycles. The van der Waals surface area contributed by atoms with Gasteiger partial charge in [0.15, 0.2) is 0 Å². The Morgan fingerprint density at radius 1 is 1.58 bits per heavy atom. The number of aromatic nitrogens is 2. The first-order valence-electron chi connectivity index (χ1n) is 3.20. The molecular formula is C6H8N2O3S. The Kier molecular flexibility index (Phi) is 2.39. The zero-order chi connectivity index (χ0) is 9.19. The number of aryl methyl sites for hydroxylation is 1. The second-order valence-corrected chi connectivity index (χ2v) is 3.81. The average Bonchev–Trinajstić information content (AvgIpc) is 1.91. The van der Waals surface area contributed by atoms with Crippen molar-refractivity contribution in [1.82, 2.24) is 9.97 Å². The number of hydrogen-bond donors (Lipinski definition) is 1. The van der Waals surface area contributed by atoms with Gasteiger partial charge in [-0.05, 0) is 6.92 Å². The minimum Gasteiger partial charge on any atom is -0.285 e. The van der Waals surface area contributed by atoms with Crippen molar-refractivity contribution >= 4 is 10.1 Å². The quantitative estimate of drug-likeness (QED) is 0.669. The molecule has 0 bridgehead atoms. The summed E-state index contributed by atoms with van der Waals surface area (Å²) < 4.78 is 29.4. The molecule has 0 spiro atoms. The van der Waals surface area contributed by atoms with E-state index in [1.54, 1.807) is 6.92 Å². The van der Waals surface area contributed by atoms with E-state index < -0.39 is 15.9 Å². The van der Waals surface area contributed by atoms with E-state index in [2.05, 4.69) is 9.97 Å². The van der Waals surface area contributed by atoms with E-state index in [9.17, 15) is 8.42 Å². The predicted molar refractivity (Wildman–Crippen MR) is 42.0 cm³/mol. The molecule has 0 aromatic carbocycles. The third-order valence-electron chi connectivity index (χ3n) is 1.35. The fraction of sp³-hybridized carbons (Fsp3) is 0.333. The molecule has 1 rings (SSSR count). The highest BCUT2D eigenvalue weighted by Gasteiger charge is 2.08. The lowest BCUT2D eigenvalue weighted by molar-refractivity contribution is 0.482. The highest BCUT2D eigenvalue weighted by molar-refractivity contribution is 7.85. The minimum absolute atomic E-state index is 0.417. The van der Waals surface area contributed by atoms with Crippen molar-refractivity contribution in [1.29, 1.82) is 0 Å². The summed E-state index contributed by atoms with van der Waals surface area (Å²) in [4.78, 5) is 7.42. The zero-order valence-corrected chi connectivity index (χ0v) is 7.24. The molecule has 5 nitrogen and oxygen atoms in total. The van der Waals surface area contributed by atoms with Crippen LogP contribution in [0, 0.1) is 6.92 Å². The Labute approximate surface area is 70.2 Å². The minimum atomic E-state index is -3.98. The lowest BCUT2D eigenvalue weighted by atomic mass is 10.3. The Hall–Kier alpha value is -1.01. The Balaban J connectivity index is 2.98. The molecule has 0 unspecified atom stereocenters. The zero-order valence-electron chi connectivity index (χ0n) is 6.43. The molecular weight excluding hydrogens is 180 g/mol. The van der Waals surface area contributed by atoms with Crippen molar-refractivity contribution in [2.45, 2.75) is 12.7 Å². The van der Waals surface area contributed by atoms with Crippen LogP contribution in [0.2, 0.25) is 0 Å². The van der Waals surface area contributed by atoms with Crippen LogP contribution in [0.15, 0.2) is 12.5 Å². The van der Waals surface area contributed by atoms with Crippen LogP contribution in [0.3, 0.4) is 0 Å². The van der Waals surface area contributed by atoms with Gasteiger partial charge in [0.05, 0.1) is 0 Å². The molecule has 0 aliphatic heterocycles. The van der Waals surface area contributed by atoms with Gasteiger partial charge in [0, 0.05) is 17.5 Å². The highest BCUT2D eigenvalue weighted by Crippen LogP contribution is 2.05. The number of nitrogens with zero attached hydrogens (tertiary/aromatic N) is 2. The summed E-state index contributed by atoms with van der Waals surface area (Å²) in [5.74, 6) is -0.431. The summed E-state index contributed by atoms with van der Waals surface area (Å²) in [7, 11) is -3.98. The maximum Gasteiger partial charge on any atom is 0.269 e. The van der Waals surface area contributed by atoms with Crippen molar-refractivity contribution in [3.8, 4) is 0 Å². The van der Waals surface area contributed by atoms with Gasteiger partial charge in [0.2, 0.25) is 0 Å². The summed E-state index contributed by atoms with van der Waals surface area (Å²) in [5.41, 5.74) is 0.975. The first kappa shape index (κ1) is 9.08. The molecule has 0 fully saturated rings. The average molecular weight is 188 g/mol. The summed E-state index contributed by atoms with van der Waals surface area (Å²) in [5, 5.41) is 0. The Morgan fingerprint density at radius 3 is 2.75 bits per heavy atom. The standard InChI is InChI=1S/C6H8N2O3S/c1-5-6(2-7-4-8-5)3-12(9,10)11/h2,4H,3H2,1H3,(H,9,10,11). The normalized spacial score (nSPS) is 11.5. The molecule has 66 valence electrons. The predicted octanol–water partition coefficient (Wildman–Crippen LogP) is 0.173. The van der Waals surface area contributed by atoms with Crippen LogP contribution in [0.25, 0.3) is 0 Å². The molecule has 0 saturated carbocycles. The van der Waals surface area contributed by atoms with Crippen LogP contribution >= 0.6 is 0 Å². The van der Waals surface area contributed by atoms with Crippen LogP contribution in [-0.2, 0) is 15.9 Å². The van der Waals surface area contributed by atoms with Gasteiger partial charge in [0.1, 0.15) is 12.1 Å². The molecule has 12 heavy (non-hydrogen) atoms. The smallest absolute Gasteiger partial charge is 0.269 e. The summed E-state index contributed by atoms with van der Waals surface area (Å²) in [6, 6.07) is 0. The fourth-order valence-corrected chi connectivity index (χ4v) is 1.43. The maximum atomic E-state index is 10.5. The van der Waals surface area contributed by atoms with Crippen LogP contribution in [0.5, 0.6) is 0 Å². The molecule has 0 aliphatic rings. The summed E-state index contributed by atoms with van der Waals surface area (Å²) in [6.45, 7) is 1.65. The van der Waals surface area contributed by atoms with Gasteiger partial charge in [-0.3, -0.25) is 4.55 Å². The van der Waals surface area contributed by atoms with Gasteiger partial charge >= 0.3 is 0 Å². The van der Waals surface area contributed by atoms with Gasteiger partial charge in [-0.25, -0.2) is 9.97 Å². The molecule has 1 heterocycles. The maximum absolute atomic E-state index is 10.5. The van der Waals surface area contributed by atoms with Crippen LogP contribution in [0.1, 0.15) is 11.3 Å². The summed E-state index contributed by atoms with van der Waals surface area (Å²) in [6.07, 6.45) is 2.69. The second-order valence-electron chi connectivity index (χ2n) is 2.36. The van der Waals surface area contributed by atoms with E-state index in [4.69, 9.17) is 4.55 Å². The van der Waals surface area contributed by atoms with Crippen LogP contribution in [-0.4, -0.2) is 22.9 Å². The van der Waals surface area contributed by atoms with Crippen LogP contribution < -0.4 is 0 Å².